The van der Waals surface area contributed by atoms with Crippen molar-refractivity contribution < 1.29 is 0 Å². The molecule has 0 atom stereocenters. The predicted octanol–water partition coefficient (Wildman–Crippen LogP) is 3.41. The van der Waals surface area contributed by atoms with Crippen molar-refractivity contribution in [2.75, 3.05) is 11.9 Å². The van der Waals surface area contributed by atoms with Crippen molar-refractivity contribution in [3.8, 4) is 11.5 Å². The van der Waals surface area contributed by atoms with Crippen LogP contribution in [-0.4, -0.2) is 26.3 Å². The molecular formula is C14H20BrN5. The Morgan fingerprint density at radius 1 is 1.25 bits per heavy atom. The lowest BCUT2D eigenvalue weighted by atomic mass is 10.2. The molecule has 0 aliphatic rings. The normalized spacial score (nSPS) is 10.8. The van der Waals surface area contributed by atoms with Crippen molar-refractivity contribution in [1.29, 1.82) is 0 Å². The molecule has 0 fully saturated rings. The van der Waals surface area contributed by atoms with Gasteiger partial charge in [0.25, 0.3) is 0 Å². The molecule has 1 N–H and O–H groups in total. The van der Waals surface area contributed by atoms with Gasteiger partial charge in [0.2, 0.25) is 0 Å². The predicted molar refractivity (Wildman–Crippen MR) is 84.7 cm³/mol. The number of aromatic nitrogens is 4. The highest BCUT2D eigenvalue weighted by molar-refractivity contribution is 9.10. The minimum Gasteiger partial charge on any atom is -0.369 e. The Hall–Kier alpha value is -1.43. The maximum absolute atomic E-state index is 4.64. The third-order valence-electron chi connectivity index (χ3n) is 2.89. The van der Waals surface area contributed by atoms with Crippen molar-refractivity contribution in [2.24, 2.45) is 7.05 Å². The lowest BCUT2D eigenvalue weighted by Gasteiger charge is -2.11. The van der Waals surface area contributed by atoms with Gasteiger partial charge in [0.1, 0.15) is 11.5 Å². The summed E-state index contributed by atoms with van der Waals surface area (Å²) < 4.78 is 2.73. The Kier molecular flexibility index (Phi) is 5.11. The fourth-order valence-electron chi connectivity index (χ4n) is 1.91. The number of aryl methyl sites for hydroxylation is 2. The smallest absolute Gasteiger partial charge is 0.182 e. The minimum atomic E-state index is 0.677. The maximum Gasteiger partial charge on any atom is 0.182 e. The van der Waals surface area contributed by atoms with Crippen molar-refractivity contribution in [3.05, 3.63) is 22.4 Å². The second-order valence-electron chi connectivity index (χ2n) is 4.71. The number of anilines is 1. The molecule has 0 saturated carbocycles. The topological polar surface area (TPSA) is 55.6 Å². The van der Waals surface area contributed by atoms with Crippen LogP contribution in [0.4, 0.5) is 5.82 Å². The standard InChI is InChI=1S/C14H20BrN5/c1-4-6-10-12(15)14(16-8-5-2)18-13(17-10)11-7-9-20(3)19-11/h7,9H,4-6,8H2,1-3H3,(H,16,17,18). The number of rotatable bonds is 6. The maximum atomic E-state index is 4.64. The van der Waals surface area contributed by atoms with Gasteiger partial charge in [-0.15, -0.1) is 0 Å². The molecule has 108 valence electrons. The molecule has 0 saturated heterocycles. The Morgan fingerprint density at radius 3 is 2.65 bits per heavy atom. The average molecular weight is 338 g/mol. The fourth-order valence-corrected chi connectivity index (χ4v) is 2.42. The largest absolute Gasteiger partial charge is 0.369 e. The van der Waals surface area contributed by atoms with Crippen LogP contribution in [0.5, 0.6) is 0 Å². The first-order valence-corrected chi connectivity index (χ1v) is 7.75. The van der Waals surface area contributed by atoms with Crippen molar-refractivity contribution in [2.45, 2.75) is 33.1 Å². The van der Waals surface area contributed by atoms with Crippen LogP contribution in [-0.2, 0) is 13.5 Å². The second-order valence-corrected chi connectivity index (χ2v) is 5.50. The van der Waals surface area contributed by atoms with Crippen LogP contribution in [0.2, 0.25) is 0 Å². The van der Waals surface area contributed by atoms with Gasteiger partial charge in [-0.3, -0.25) is 4.68 Å². The van der Waals surface area contributed by atoms with E-state index in [4.69, 9.17) is 0 Å². The van der Waals surface area contributed by atoms with Gasteiger partial charge in [-0.25, -0.2) is 9.97 Å². The van der Waals surface area contributed by atoms with Crippen molar-refractivity contribution in [3.63, 3.8) is 0 Å². The molecule has 5 nitrogen and oxygen atoms in total. The van der Waals surface area contributed by atoms with Crippen molar-refractivity contribution in [1.82, 2.24) is 19.7 Å². The van der Waals surface area contributed by atoms with E-state index in [1.807, 2.05) is 19.3 Å². The molecule has 6 heteroatoms. The van der Waals surface area contributed by atoms with Crippen molar-refractivity contribution >= 4 is 21.7 Å². The van der Waals surface area contributed by atoms with E-state index in [9.17, 15) is 0 Å². The number of hydrogen-bond acceptors (Lipinski definition) is 4. The number of nitrogens with zero attached hydrogens (tertiary/aromatic N) is 4. The second kappa shape index (κ2) is 6.83. The molecular weight excluding hydrogens is 318 g/mol. The summed E-state index contributed by atoms with van der Waals surface area (Å²) in [7, 11) is 1.89. The molecule has 0 amide bonds. The molecule has 0 bridgehead atoms. The monoisotopic (exact) mass is 337 g/mol. The van der Waals surface area contributed by atoms with E-state index in [2.05, 4.69) is 50.2 Å². The van der Waals surface area contributed by atoms with Crippen LogP contribution in [0.1, 0.15) is 32.4 Å². The zero-order valence-electron chi connectivity index (χ0n) is 12.1. The van der Waals surface area contributed by atoms with Gasteiger partial charge in [-0.05, 0) is 34.8 Å². The Bertz CT molecular complexity index is 579. The molecule has 0 unspecified atom stereocenters. The quantitative estimate of drug-likeness (QED) is 0.877. The zero-order valence-corrected chi connectivity index (χ0v) is 13.7. The number of hydrogen-bond donors (Lipinski definition) is 1. The van der Waals surface area contributed by atoms with E-state index in [0.717, 1.165) is 47.5 Å². The summed E-state index contributed by atoms with van der Waals surface area (Å²) in [6.45, 7) is 5.17. The van der Waals surface area contributed by atoms with Gasteiger partial charge < -0.3 is 5.32 Å². The van der Waals surface area contributed by atoms with E-state index < -0.39 is 0 Å². The summed E-state index contributed by atoms with van der Waals surface area (Å²) in [6.07, 6.45) is 4.92. The fraction of sp³-hybridized carbons (Fsp3) is 0.500. The summed E-state index contributed by atoms with van der Waals surface area (Å²) in [5.74, 6) is 1.53. The number of nitrogens with one attached hydrogen (secondary N) is 1. The summed E-state index contributed by atoms with van der Waals surface area (Å²) in [5, 5.41) is 7.73. The first-order valence-electron chi connectivity index (χ1n) is 6.96. The molecule has 2 rings (SSSR count). The summed E-state index contributed by atoms with van der Waals surface area (Å²) in [5.41, 5.74) is 1.83. The molecule has 2 heterocycles. The zero-order chi connectivity index (χ0) is 14.5. The first-order chi connectivity index (χ1) is 9.65. The Balaban J connectivity index is 2.43. The van der Waals surface area contributed by atoms with E-state index in [0.29, 0.717) is 5.82 Å². The highest BCUT2D eigenvalue weighted by Gasteiger charge is 2.14. The van der Waals surface area contributed by atoms with Gasteiger partial charge >= 0.3 is 0 Å². The van der Waals surface area contributed by atoms with E-state index >= 15 is 0 Å². The molecule has 20 heavy (non-hydrogen) atoms. The molecule has 0 aliphatic carbocycles. The van der Waals surface area contributed by atoms with Crippen LogP contribution in [0.25, 0.3) is 11.5 Å². The highest BCUT2D eigenvalue weighted by atomic mass is 79.9. The minimum absolute atomic E-state index is 0.677. The van der Waals surface area contributed by atoms with Gasteiger partial charge in [-0.1, -0.05) is 20.3 Å². The third kappa shape index (κ3) is 3.36. The average Bonchev–Trinajstić information content (AvgIpc) is 2.86. The van der Waals surface area contributed by atoms with E-state index in [-0.39, 0.29) is 0 Å². The number of halogens is 1. The molecule has 0 aliphatic heterocycles. The third-order valence-corrected chi connectivity index (χ3v) is 3.73. The van der Waals surface area contributed by atoms with Crippen LogP contribution < -0.4 is 5.32 Å². The van der Waals surface area contributed by atoms with Crippen LogP contribution >= 0.6 is 15.9 Å². The van der Waals surface area contributed by atoms with Crippen LogP contribution in [0.3, 0.4) is 0 Å². The molecule has 0 radical (unpaired) electrons. The van der Waals surface area contributed by atoms with Crippen LogP contribution in [0.15, 0.2) is 16.7 Å². The van der Waals surface area contributed by atoms with Gasteiger partial charge in [0.05, 0.1) is 10.2 Å². The van der Waals surface area contributed by atoms with Crippen LogP contribution in [0, 0.1) is 0 Å². The first kappa shape index (κ1) is 15.0. The molecule has 2 aromatic rings. The van der Waals surface area contributed by atoms with Gasteiger partial charge in [-0.2, -0.15) is 5.10 Å². The van der Waals surface area contributed by atoms with E-state index in [1.54, 1.807) is 4.68 Å². The summed E-state index contributed by atoms with van der Waals surface area (Å²) in [6, 6.07) is 1.93. The molecule has 0 aromatic carbocycles. The Labute approximate surface area is 128 Å². The Morgan fingerprint density at radius 2 is 2.05 bits per heavy atom. The lowest BCUT2D eigenvalue weighted by molar-refractivity contribution is 0.767. The lowest BCUT2D eigenvalue weighted by Crippen LogP contribution is -2.07. The molecule has 2 aromatic heterocycles. The SMILES string of the molecule is CCCNc1nc(-c2ccn(C)n2)nc(CCC)c1Br. The van der Waals surface area contributed by atoms with E-state index in [1.165, 1.54) is 0 Å². The summed E-state index contributed by atoms with van der Waals surface area (Å²) >= 11 is 3.61. The molecule has 0 spiro atoms. The van der Waals surface area contributed by atoms with Gasteiger partial charge in [0.15, 0.2) is 5.82 Å². The van der Waals surface area contributed by atoms with Gasteiger partial charge in [0, 0.05) is 19.8 Å². The summed E-state index contributed by atoms with van der Waals surface area (Å²) in [4.78, 5) is 9.23. The highest BCUT2D eigenvalue weighted by Crippen LogP contribution is 2.27.